The SMILES string of the molecule is Cc1cc(NC(=O)N2CCCOC(CN3CCCCC3)C2)n(C(C)C)n1. The van der Waals surface area contributed by atoms with E-state index in [2.05, 4.69) is 29.2 Å². The Morgan fingerprint density at radius 2 is 2.04 bits per heavy atom. The smallest absolute Gasteiger partial charge is 0.323 e. The van der Waals surface area contributed by atoms with Crippen molar-refractivity contribution in [3.8, 4) is 0 Å². The summed E-state index contributed by atoms with van der Waals surface area (Å²) >= 11 is 0. The summed E-state index contributed by atoms with van der Waals surface area (Å²) in [6.45, 7) is 11.4. The standard InChI is InChI=1S/C19H33N5O2/c1-15(2)24-18(12-16(3)21-24)20-19(25)23-10-7-11-26-17(14-23)13-22-8-5-4-6-9-22/h12,15,17H,4-11,13-14H2,1-3H3,(H,20,25). The summed E-state index contributed by atoms with van der Waals surface area (Å²) in [6, 6.07) is 2.08. The molecule has 2 saturated heterocycles. The minimum Gasteiger partial charge on any atom is -0.375 e. The number of anilines is 1. The van der Waals surface area contributed by atoms with E-state index in [1.807, 2.05) is 22.6 Å². The Hall–Kier alpha value is -1.60. The van der Waals surface area contributed by atoms with Crippen LogP contribution in [0.4, 0.5) is 10.6 Å². The van der Waals surface area contributed by atoms with Gasteiger partial charge >= 0.3 is 6.03 Å². The fourth-order valence-corrected chi connectivity index (χ4v) is 3.81. The molecule has 2 amide bonds. The molecule has 2 aliphatic heterocycles. The number of nitrogens with zero attached hydrogens (tertiary/aromatic N) is 4. The number of urea groups is 1. The zero-order valence-electron chi connectivity index (χ0n) is 16.4. The van der Waals surface area contributed by atoms with Crippen LogP contribution in [0.25, 0.3) is 0 Å². The van der Waals surface area contributed by atoms with Crippen LogP contribution in [0.15, 0.2) is 6.07 Å². The number of ether oxygens (including phenoxy) is 1. The Balaban J connectivity index is 1.60. The van der Waals surface area contributed by atoms with Crippen molar-refractivity contribution < 1.29 is 9.53 Å². The number of hydrogen-bond donors (Lipinski definition) is 1. The van der Waals surface area contributed by atoms with E-state index in [4.69, 9.17) is 4.74 Å². The van der Waals surface area contributed by atoms with Gasteiger partial charge in [0.05, 0.1) is 11.8 Å². The molecule has 0 saturated carbocycles. The molecule has 0 radical (unpaired) electrons. The first-order valence-electron chi connectivity index (χ1n) is 9.99. The summed E-state index contributed by atoms with van der Waals surface area (Å²) in [7, 11) is 0. The molecular weight excluding hydrogens is 330 g/mol. The van der Waals surface area contributed by atoms with Crippen LogP contribution in [0.3, 0.4) is 0 Å². The van der Waals surface area contributed by atoms with Crippen LogP contribution in [-0.4, -0.2) is 71.0 Å². The Bertz CT molecular complexity index is 595. The highest BCUT2D eigenvalue weighted by molar-refractivity contribution is 5.88. The van der Waals surface area contributed by atoms with Gasteiger partial charge in [-0.3, -0.25) is 5.32 Å². The zero-order chi connectivity index (χ0) is 18.5. The van der Waals surface area contributed by atoms with E-state index in [1.54, 1.807) is 0 Å². The predicted octanol–water partition coefficient (Wildman–Crippen LogP) is 2.88. The van der Waals surface area contributed by atoms with Gasteiger partial charge in [-0.1, -0.05) is 6.42 Å². The quantitative estimate of drug-likeness (QED) is 0.893. The number of hydrogen-bond acceptors (Lipinski definition) is 4. The molecule has 0 aromatic carbocycles. The van der Waals surface area contributed by atoms with E-state index < -0.39 is 0 Å². The molecule has 0 spiro atoms. The average molecular weight is 364 g/mol. The largest absolute Gasteiger partial charge is 0.375 e. The number of nitrogens with one attached hydrogen (secondary N) is 1. The molecule has 1 atom stereocenters. The molecule has 7 nitrogen and oxygen atoms in total. The fourth-order valence-electron chi connectivity index (χ4n) is 3.81. The van der Waals surface area contributed by atoms with E-state index >= 15 is 0 Å². The third-order valence-corrected chi connectivity index (χ3v) is 5.13. The lowest BCUT2D eigenvalue weighted by atomic mass is 10.1. The topological polar surface area (TPSA) is 62.6 Å². The van der Waals surface area contributed by atoms with Crippen LogP contribution in [0.5, 0.6) is 0 Å². The first-order valence-corrected chi connectivity index (χ1v) is 9.99. The van der Waals surface area contributed by atoms with Gasteiger partial charge in [-0.05, 0) is 53.1 Å². The van der Waals surface area contributed by atoms with Crippen LogP contribution in [-0.2, 0) is 4.74 Å². The summed E-state index contributed by atoms with van der Waals surface area (Å²) in [6.07, 6.45) is 4.86. The van der Waals surface area contributed by atoms with E-state index in [0.29, 0.717) is 6.54 Å². The summed E-state index contributed by atoms with van der Waals surface area (Å²) in [5, 5.41) is 7.52. The van der Waals surface area contributed by atoms with Gasteiger partial charge in [0.1, 0.15) is 5.82 Å². The van der Waals surface area contributed by atoms with Gasteiger partial charge in [0.25, 0.3) is 0 Å². The summed E-state index contributed by atoms with van der Waals surface area (Å²) < 4.78 is 7.89. The van der Waals surface area contributed by atoms with Crippen molar-refractivity contribution in [2.45, 2.75) is 58.6 Å². The molecule has 1 unspecified atom stereocenters. The van der Waals surface area contributed by atoms with Gasteiger partial charge in [-0.2, -0.15) is 5.10 Å². The molecule has 1 N–H and O–H groups in total. The van der Waals surface area contributed by atoms with E-state index in [-0.39, 0.29) is 18.2 Å². The molecule has 2 aliphatic rings. The maximum atomic E-state index is 12.8. The number of carbonyl (C=O) groups excluding carboxylic acids is 1. The van der Waals surface area contributed by atoms with Crippen LogP contribution < -0.4 is 5.32 Å². The highest BCUT2D eigenvalue weighted by atomic mass is 16.5. The van der Waals surface area contributed by atoms with Gasteiger partial charge in [0, 0.05) is 38.3 Å². The van der Waals surface area contributed by atoms with Gasteiger partial charge in [0.15, 0.2) is 0 Å². The highest BCUT2D eigenvalue weighted by Crippen LogP contribution is 2.18. The van der Waals surface area contributed by atoms with Crippen molar-refractivity contribution in [3.63, 3.8) is 0 Å². The number of likely N-dealkylation sites (tertiary alicyclic amines) is 1. The average Bonchev–Trinajstić information content (AvgIpc) is 2.83. The molecule has 7 heteroatoms. The number of carbonyl (C=O) groups is 1. The number of aryl methyl sites for hydroxylation is 1. The molecular formula is C19H33N5O2. The van der Waals surface area contributed by atoms with Crippen molar-refractivity contribution in [1.82, 2.24) is 19.6 Å². The third-order valence-electron chi connectivity index (χ3n) is 5.13. The number of aromatic nitrogens is 2. The Morgan fingerprint density at radius 3 is 2.77 bits per heavy atom. The first-order chi connectivity index (χ1) is 12.5. The number of piperidine rings is 1. The van der Waals surface area contributed by atoms with Crippen LogP contribution in [0, 0.1) is 6.92 Å². The second-order valence-corrected chi connectivity index (χ2v) is 7.79. The molecule has 2 fully saturated rings. The maximum Gasteiger partial charge on any atom is 0.323 e. The summed E-state index contributed by atoms with van der Waals surface area (Å²) in [5.74, 6) is 0.764. The second kappa shape index (κ2) is 8.86. The first kappa shape index (κ1) is 19.2. The third kappa shape index (κ3) is 4.98. The van der Waals surface area contributed by atoms with Gasteiger partial charge in [0.2, 0.25) is 0 Å². The summed E-state index contributed by atoms with van der Waals surface area (Å²) in [4.78, 5) is 17.2. The lowest BCUT2D eigenvalue weighted by Crippen LogP contribution is -2.45. The second-order valence-electron chi connectivity index (χ2n) is 7.79. The maximum absolute atomic E-state index is 12.8. The van der Waals surface area contributed by atoms with E-state index in [1.165, 1.54) is 19.3 Å². The molecule has 1 aromatic heterocycles. The minimum absolute atomic E-state index is 0.0547. The Morgan fingerprint density at radius 1 is 1.27 bits per heavy atom. The van der Waals surface area contributed by atoms with Gasteiger partial charge in [-0.25, -0.2) is 9.48 Å². The number of rotatable bonds is 4. The minimum atomic E-state index is -0.0547. The molecule has 146 valence electrons. The van der Waals surface area contributed by atoms with E-state index in [9.17, 15) is 4.79 Å². The van der Waals surface area contributed by atoms with Gasteiger partial charge in [-0.15, -0.1) is 0 Å². The summed E-state index contributed by atoms with van der Waals surface area (Å²) in [5.41, 5.74) is 0.913. The van der Waals surface area contributed by atoms with Crippen molar-refractivity contribution in [1.29, 1.82) is 0 Å². The van der Waals surface area contributed by atoms with Crippen LogP contribution >= 0.6 is 0 Å². The van der Waals surface area contributed by atoms with Crippen molar-refractivity contribution in [3.05, 3.63) is 11.8 Å². The molecule has 1 aromatic rings. The molecule has 3 rings (SSSR count). The lowest BCUT2D eigenvalue weighted by Gasteiger charge is -2.31. The van der Waals surface area contributed by atoms with Crippen molar-refractivity contribution in [2.75, 3.05) is 44.6 Å². The predicted molar refractivity (Wildman–Crippen MR) is 103 cm³/mol. The van der Waals surface area contributed by atoms with Gasteiger partial charge < -0.3 is 14.5 Å². The van der Waals surface area contributed by atoms with Crippen LogP contribution in [0.2, 0.25) is 0 Å². The van der Waals surface area contributed by atoms with Crippen molar-refractivity contribution >= 4 is 11.8 Å². The van der Waals surface area contributed by atoms with Crippen LogP contribution in [0.1, 0.15) is 51.3 Å². The Kier molecular flexibility index (Phi) is 6.53. The van der Waals surface area contributed by atoms with E-state index in [0.717, 1.165) is 50.7 Å². The normalized spacial score (nSPS) is 22.5. The number of amides is 2. The fraction of sp³-hybridized carbons (Fsp3) is 0.789. The molecule has 0 aliphatic carbocycles. The molecule has 0 bridgehead atoms. The Labute approximate surface area is 156 Å². The monoisotopic (exact) mass is 363 g/mol. The highest BCUT2D eigenvalue weighted by Gasteiger charge is 2.25. The molecule has 26 heavy (non-hydrogen) atoms. The lowest BCUT2D eigenvalue weighted by molar-refractivity contribution is 0.0261. The van der Waals surface area contributed by atoms with Crippen molar-refractivity contribution in [2.24, 2.45) is 0 Å². The molecule has 3 heterocycles. The zero-order valence-corrected chi connectivity index (χ0v) is 16.4.